The average Bonchev–Trinajstić information content (AvgIpc) is 1.95. The Labute approximate surface area is 55.7 Å². The highest BCUT2D eigenvalue weighted by molar-refractivity contribution is 7.90. The van der Waals surface area contributed by atoms with E-state index in [9.17, 15) is 17.2 Å². The van der Waals surface area contributed by atoms with Crippen LogP contribution in [0.15, 0.2) is 23.3 Å². The maximum Gasteiger partial charge on any atom is 0.369 e. The summed E-state index contributed by atoms with van der Waals surface area (Å²) in [6, 6.07) is 0. The van der Waals surface area contributed by atoms with Gasteiger partial charge in [0.05, 0.1) is 0 Å². The molecular weight excluding hydrogens is 166 g/mol. The molecule has 1 aliphatic heterocycles. The van der Waals surface area contributed by atoms with E-state index < -0.39 is 26.9 Å². The molecule has 0 fully saturated rings. The van der Waals surface area contributed by atoms with Crippen molar-refractivity contribution in [3.63, 3.8) is 0 Å². The van der Waals surface area contributed by atoms with Crippen LogP contribution in [0.4, 0.5) is 8.78 Å². The number of hydrogen-bond donors (Lipinski definition) is 0. The Bertz CT molecular complexity index is 313. The summed E-state index contributed by atoms with van der Waals surface area (Å²) in [5.41, 5.74) is 0. The van der Waals surface area contributed by atoms with E-state index in [1.807, 2.05) is 0 Å². The van der Waals surface area contributed by atoms with Crippen LogP contribution < -0.4 is 0 Å². The molecule has 6 heteroatoms. The van der Waals surface area contributed by atoms with Gasteiger partial charge < -0.3 is 4.18 Å². The standard InChI is InChI=1S/C4H2F2O3S/c1-2-3(5)4(6)10(7,8)9-2/h1H2. The summed E-state index contributed by atoms with van der Waals surface area (Å²) in [6.07, 6.45) is 0. The Balaban J connectivity index is 3.33. The monoisotopic (exact) mass is 168 g/mol. The van der Waals surface area contributed by atoms with Crippen LogP contribution in [-0.2, 0) is 14.3 Å². The topological polar surface area (TPSA) is 43.4 Å². The van der Waals surface area contributed by atoms with Gasteiger partial charge in [-0.05, 0) is 0 Å². The predicted molar refractivity (Wildman–Crippen MR) is 28.4 cm³/mol. The smallest absolute Gasteiger partial charge is 0.369 e. The van der Waals surface area contributed by atoms with Crippen LogP contribution in [0.5, 0.6) is 0 Å². The van der Waals surface area contributed by atoms with E-state index in [4.69, 9.17) is 0 Å². The quantitative estimate of drug-likeness (QED) is 0.506. The molecule has 0 N–H and O–H groups in total. The molecule has 0 aliphatic carbocycles. The lowest BCUT2D eigenvalue weighted by molar-refractivity contribution is 0.416. The first-order chi connectivity index (χ1) is 4.45. The fourth-order valence-corrected chi connectivity index (χ4v) is 1.17. The minimum Gasteiger partial charge on any atom is -0.375 e. The van der Waals surface area contributed by atoms with Gasteiger partial charge in [-0.25, -0.2) is 0 Å². The van der Waals surface area contributed by atoms with Gasteiger partial charge >= 0.3 is 10.1 Å². The molecule has 1 heterocycles. The van der Waals surface area contributed by atoms with E-state index in [0.29, 0.717) is 0 Å². The zero-order chi connectivity index (χ0) is 7.94. The molecule has 0 saturated heterocycles. The lowest BCUT2D eigenvalue weighted by Gasteiger charge is -1.90. The third-order valence-corrected chi connectivity index (χ3v) is 1.89. The lowest BCUT2D eigenvalue weighted by Crippen LogP contribution is -1.95. The van der Waals surface area contributed by atoms with E-state index in [1.165, 1.54) is 0 Å². The first-order valence-electron chi connectivity index (χ1n) is 2.14. The van der Waals surface area contributed by atoms with Gasteiger partial charge in [-0.2, -0.15) is 17.2 Å². The van der Waals surface area contributed by atoms with Crippen LogP contribution in [0.25, 0.3) is 0 Å². The molecule has 1 aliphatic rings. The molecule has 0 unspecified atom stereocenters. The second-order valence-electron chi connectivity index (χ2n) is 1.55. The molecule has 10 heavy (non-hydrogen) atoms. The van der Waals surface area contributed by atoms with Crippen molar-refractivity contribution < 1.29 is 21.4 Å². The van der Waals surface area contributed by atoms with E-state index >= 15 is 0 Å². The summed E-state index contributed by atoms with van der Waals surface area (Å²) >= 11 is 0. The van der Waals surface area contributed by atoms with Gasteiger partial charge in [0.15, 0.2) is 5.76 Å². The molecule has 3 nitrogen and oxygen atoms in total. The predicted octanol–water partition coefficient (Wildman–Crippen LogP) is 0.968. The first kappa shape index (κ1) is 7.20. The Morgan fingerprint density at radius 1 is 1.40 bits per heavy atom. The second-order valence-corrected chi connectivity index (χ2v) is 2.98. The molecule has 0 aromatic heterocycles. The summed E-state index contributed by atoms with van der Waals surface area (Å²) in [4.78, 5) is 0. The Morgan fingerprint density at radius 3 is 2.00 bits per heavy atom. The second kappa shape index (κ2) is 1.79. The Kier molecular flexibility index (Phi) is 1.29. The van der Waals surface area contributed by atoms with Crippen molar-refractivity contribution in [3.8, 4) is 0 Å². The molecule has 0 amide bonds. The van der Waals surface area contributed by atoms with E-state index in [0.717, 1.165) is 0 Å². The van der Waals surface area contributed by atoms with E-state index in [-0.39, 0.29) is 0 Å². The van der Waals surface area contributed by atoms with Gasteiger partial charge in [-0.1, -0.05) is 6.58 Å². The summed E-state index contributed by atoms with van der Waals surface area (Å²) in [5.74, 6) is -2.36. The summed E-state index contributed by atoms with van der Waals surface area (Å²) in [6.45, 7) is 2.81. The number of hydrogen-bond acceptors (Lipinski definition) is 3. The SMILES string of the molecule is C=C1OS(=O)(=O)C(F)=C1F. The fraction of sp³-hybridized carbons (Fsp3) is 0. The van der Waals surface area contributed by atoms with Gasteiger partial charge in [0, 0.05) is 0 Å². The number of halogens is 2. The molecule has 56 valence electrons. The molecule has 0 aromatic rings. The van der Waals surface area contributed by atoms with Crippen LogP contribution in [0.2, 0.25) is 0 Å². The minimum atomic E-state index is -4.48. The van der Waals surface area contributed by atoms with E-state index in [1.54, 1.807) is 0 Å². The number of allylic oxidation sites excluding steroid dienone is 1. The molecule has 0 atom stereocenters. The van der Waals surface area contributed by atoms with Crippen molar-refractivity contribution in [3.05, 3.63) is 23.3 Å². The van der Waals surface area contributed by atoms with Gasteiger partial charge in [-0.3, -0.25) is 0 Å². The molecule has 0 aromatic carbocycles. The molecule has 0 radical (unpaired) electrons. The summed E-state index contributed by atoms with van der Waals surface area (Å²) in [7, 11) is -4.48. The average molecular weight is 168 g/mol. The zero-order valence-electron chi connectivity index (χ0n) is 4.60. The van der Waals surface area contributed by atoms with Crippen molar-refractivity contribution >= 4 is 10.1 Å². The van der Waals surface area contributed by atoms with Crippen molar-refractivity contribution in [1.82, 2.24) is 0 Å². The van der Waals surface area contributed by atoms with E-state index in [2.05, 4.69) is 10.8 Å². The molecule has 0 bridgehead atoms. The maximum absolute atomic E-state index is 12.1. The van der Waals surface area contributed by atoms with Crippen molar-refractivity contribution in [2.45, 2.75) is 0 Å². The molecular formula is C4H2F2O3S. The number of rotatable bonds is 0. The van der Waals surface area contributed by atoms with Crippen LogP contribution >= 0.6 is 0 Å². The van der Waals surface area contributed by atoms with Gasteiger partial charge in [0.25, 0.3) is 5.16 Å². The highest BCUT2D eigenvalue weighted by Gasteiger charge is 2.35. The molecule has 0 spiro atoms. The lowest BCUT2D eigenvalue weighted by atomic mass is 10.5. The highest BCUT2D eigenvalue weighted by atomic mass is 32.2. The molecule has 0 saturated carbocycles. The normalized spacial score (nSPS) is 23.2. The highest BCUT2D eigenvalue weighted by Crippen LogP contribution is 2.32. The van der Waals surface area contributed by atoms with Gasteiger partial charge in [0.1, 0.15) is 0 Å². The summed E-state index contributed by atoms with van der Waals surface area (Å²) < 4.78 is 48.4. The molecule has 1 rings (SSSR count). The van der Waals surface area contributed by atoms with Crippen LogP contribution in [0, 0.1) is 0 Å². The van der Waals surface area contributed by atoms with Crippen LogP contribution in [-0.4, -0.2) is 8.42 Å². The van der Waals surface area contributed by atoms with Gasteiger partial charge in [0.2, 0.25) is 5.83 Å². The largest absolute Gasteiger partial charge is 0.375 e. The van der Waals surface area contributed by atoms with Crippen molar-refractivity contribution in [2.24, 2.45) is 0 Å². The van der Waals surface area contributed by atoms with Crippen LogP contribution in [0.3, 0.4) is 0 Å². The first-order valence-corrected chi connectivity index (χ1v) is 3.55. The Morgan fingerprint density at radius 2 is 1.90 bits per heavy atom. The third-order valence-electron chi connectivity index (χ3n) is 0.847. The van der Waals surface area contributed by atoms with Crippen LogP contribution in [0.1, 0.15) is 0 Å². The third kappa shape index (κ3) is 0.804. The minimum absolute atomic E-state index is 0.808. The van der Waals surface area contributed by atoms with Gasteiger partial charge in [-0.15, -0.1) is 0 Å². The Hall–Kier alpha value is -0.910. The van der Waals surface area contributed by atoms with Crippen molar-refractivity contribution in [1.29, 1.82) is 0 Å². The fourth-order valence-electron chi connectivity index (χ4n) is 0.425. The summed E-state index contributed by atoms with van der Waals surface area (Å²) in [5, 5.41) is -1.91. The maximum atomic E-state index is 12.1. The van der Waals surface area contributed by atoms with Crippen molar-refractivity contribution in [2.75, 3.05) is 0 Å². The zero-order valence-corrected chi connectivity index (χ0v) is 5.41.